The van der Waals surface area contributed by atoms with E-state index in [4.69, 9.17) is 9.47 Å². The van der Waals surface area contributed by atoms with Gasteiger partial charge in [-0.1, -0.05) is 65.2 Å². The highest BCUT2D eigenvalue weighted by Gasteiger charge is 2.12. The number of benzene rings is 3. The second-order valence-corrected chi connectivity index (χ2v) is 11.9. The second-order valence-electron chi connectivity index (χ2n) is 11.9. The van der Waals surface area contributed by atoms with Gasteiger partial charge in [0.1, 0.15) is 23.6 Å². The number of nitriles is 2. The minimum Gasteiger partial charge on any atom is -0.493 e. The van der Waals surface area contributed by atoms with Crippen LogP contribution < -0.4 is 9.47 Å². The van der Waals surface area contributed by atoms with Gasteiger partial charge in [0.05, 0.1) is 24.3 Å². The van der Waals surface area contributed by atoms with Crippen LogP contribution in [0.5, 0.6) is 11.5 Å². The molecule has 3 rings (SSSR count). The summed E-state index contributed by atoms with van der Waals surface area (Å²) in [5.74, 6) is 24.9. The molecule has 3 aromatic rings. The van der Waals surface area contributed by atoms with Crippen molar-refractivity contribution in [3.05, 3.63) is 94.0 Å². The predicted octanol–water partition coefficient (Wildman–Crippen LogP) is 7.09. The molecule has 0 N–H and O–H groups in total. The van der Waals surface area contributed by atoms with Crippen LogP contribution in [0.2, 0.25) is 0 Å². The molecule has 0 spiro atoms. The average Bonchev–Trinajstić information content (AvgIpc) is 2.95. The van der Waals surface area contributed by atoms with Crippen molar-refractivity contribution in [2.75, 3.05) is 13.2 Å². The standard InChI is InChI=1S/C38H32N2O2/c1-37(2,3)27-41-35-19-15-29(16-20-35)11-7-9-13-31-23-33(25-39)34(26-40)24-32(31)14-10-8-12-30-17-21-36(22-18-30)42-28-38(4,5)6/h15-24H,27-28H2,1-6H3. The van der Waals surface area contributed by atoms with Gasteiger partial charge in [-0.25, -0.2) is 0 Å². The largest absolute Gasteiger partial charge is 0.493 e. The first-order valence-electron chi connectivity index (χ1n) is 13.4. The maximum Gasteiger partial charge on any atom is 0.119 e. The summed E-state index contributed by atoms with van der Waals surface area (Å²) in [7, 11) is 0. The molecule has 0 heterocycles. The minimum absolute atomic E-state index is 0.0780. The Balaban J connectivity index is 1.78. The number of hydrogen-bond acceptors (Lipinski definition) is 4. The van der Waals surface area contributed by atoms with E-state index in [1.807, 2.05) is 60.7 Å². The van der Waals surface area contributed by atoms with Crippen LogP contribution in [0.3, 0.4) is 0 Å². The van der Waals surface area contributed by atoms with Gasteiger partial charge in [-0.2, -0.15) is 10.5 Å². The van der Waals surface area contributed by atoms with Gasteiger partial charge in [0, 0.05) is 22.3 Å². The third kappa shape index (κ3) is 10.6. The van der Waals surface area contributed by atoms with Crippen LogP contribution in [-0.2, 0) is 0 Å². The second kappa shape index (κ2) is 14.2. The van der Waals surface area contributed by atoms with Gasteiger partial charge in [-0.05, 0) is 95.2 Å². The summed E-state index contributed by atoms with van der Waals surface area (Å²) < 4.78 is 11.6. The maximum absolute atomic E-state index is 9.47. The van der Waals surface area contributed by atoms with Crippen LogP contribution in [-0.4, -0.2) is 13.2 Å². The molecule has 0 atom stereocenters. The zero-order chi connectivity index (χ0) is 30.6. The molecule has 3 aromatic carbocycles. The Bertz CT molecular complexity index is 1620. The quantitative estimate of drug-likeness (QED) is 0.327. The summed E-state index contributed by atoms with van der Waals surface area (Å²) >= 11 is 0. The summed E-state index contributed by atoms with van der Waals surface area (Å²) in [4.78, 5) is 0. The van der Waals surface area contributed by atoms with E-state index >= 15 is 0 Å². The molecule has 42 heavy (non-hydrogen) atoms. The Kier molecular flexibility index (Phi) is 10.5. The van der Waals surface area contributed by atoms with Crippen molar-refractivity contribution in [1.82, 2.24) is 0 Å². The van der Waals surface area contributed by atoms with Crippen LogP contribution in [0.15, 0.2) is 60.7 Å². The maximum atomic E-state index is 9.47. The molecule has 0 saturated carbocycles. The first-order chi connectivity index (χ1) is 20.0. The first-order valence-corrected chi connectivity index (χ1v) is 13.4. The van der Waals surface area contributed by atoms with Crippen LogP contribution >= 0.6 is 0 Å². The summed E-state index contributed by atoms with van der Waals surface area (Å²) in [6, 6.07) is 22.2. The molecule has 0 aliphatic heterocycles. The number of ether oxygens (including phenoxy) is 2. The van der Waals surface area contributed by atoms with Crippen molar-refractivity contribution in [2.45, 2.75) is 41.5 Å². The molecule has 0 fully saturated rings. The fourth-order valence-electron chi connectivity index (χ4n) is 3.26. The zero-order valence-electron chi connectivity index (χ0n) is 24.9. The third-order valence-electron chi connectivity index (χ3n) is 5.38. The molecular formula is C38H32N2O2. The average molecular weight is 549 g/mol. The lowest BCUT2D eigenvalue weighted by molar-refractivity contribution is 0.198. The number of nitrogens with zero attached hydrogens (tertiary/aromatic N) is 2. The fourth-order valence-corrected chi connectivity index (χ4v) is 3.26. The predicted molar refractivity (Wildman–Crippen MR) is 166 cm³/mol. The molecule has 4 nitrogen and oxygen atoms in total. The van der Waals surface area contributed by atoms with Crippen LogP contribution in [0.4, 0.5) is 0 Å². The fraction of sp³-hybridized carbons (Fsp3) is 0.263. The van der Waals surface area contributed by atoms with Crippen LogP contribution in [0.1, 0.15) is 74.9 Å². The Morgan fingerprint density at radius 2 is 0.833 bits per heavy atom. The van der Waals surface area contributed by atoms with E-state index in [2.05, 4.69) is 88.9 Å². The Morgan fingerprint density at radius 3 is 1.14 bits per heavy atom. The van der Waals surface area contributed by atoms with E-state index in [9.17, 15) is 10.5 Å². The SMILES string of the molecule is CC(C)(C)COc1ccc(C#CC#Cc2cc(C#N)c(C#N)cc2C#CC#Cc2ccc(OCC(C)(C)C)cc2)cc1. The lowest BCUT2D eigenvalue weighted by atomic mass is 9.99. The Labute approximate surface area is 250 Å². The van der Waals surface area contributed by atoms with Gasteiger partial charge in [0.2, 0.25) is 0 Å². The molecule has 206 valence electrons. The third-order valence-corrected chi connectivity index (χ3v) is 5.38. The van der Waals surface area contributed by atoms with Crippen molar-refractivity contribution in [3.8, 4) is 71.0 Å². The van der Waals surface area contributed by atoms with Crippen molar-refractivity contribution >= 4 is 0 Å². The molecule has 0 unspecified atom stereocenters. The van der Waals surface area contributed by atoms with Gasteiger partial charge in [0.25, 0.3) is 0 Å². The van der Waals surface area contributed by atoms with E-state index in [-0.39, 0.29) is 22.0 Å². The van der Waals surface area contributed by atoms with E-state index in [0.29, 0.717) is 24.3 Å². The Hall–Kier alpha value is -5.52. The molecular weight excluding hydrogens is 516 g/mol. The summed E-state index contributed by atoms with van der Waals surface area (Å²) in [5.41, 5.74) is 3.21. The van der Waals surface area contributed by atoms with E-state index in [0.717, 1.165) is 22.6 Å². The van der Waals surface area contributed by atoms with Crippen molar-refractivity contribution in [3.63, 3.8) is 0 Å². The van der Waals surface area contributed by atoms with E-state index in [1.165, 1.54) is 0 Å². The van der Waals surface area contributed by atoms with Crippen molar-refractivity contribution in [2.24, 2.45) is 10.8 Å². The minimum atomic E-state index is 0.0780. The molecule has 0 aliphatic carbocycles. The lowest BCUT2D eigenvalue weighted by Crippen LogP contribution is -2.16. The summed E-state index contributed by atoms with van der Waals surface area (Å²) in [6.45, 7) is 14.0. The lowest BCUT2D eigenvalue weighted by Gasteiger charge is -2.18. The summed E-state index contributed by atoms with van der Waals surface area (Å²) in [6.07, 6.45) is 0. The first kappa shape index (κ1) is 31.0. The molecule has 0 bridgehead atoms. The van der Waals surface area contributed by atoms with Gasteiger partial charge in [-0.15, -0.1) is 0 Å². The smallest absolute Gasteiger partial charge is 0.119 e. The monoisotopic (exact) mass is 548 g/mol. The highest BCUT2D eigenvalue weighted by atomic mass is 16.5. The van der Waals surface area contributed by atoms with Crippen LogP contribution in [0, 0.1) is 80.9 Å². The van der Waals surface area contributed by atoms with Gasteiger partial charge in [-0.3, -0.25) is 0 Å². The molecule has 0 radical (unpaired) electrons. The molecule has 0 amide bonds. The highest BCUT2D eigenvalue weighted by Crippen LogP contribution is 2.19. The molecule has 0 aliphatic rings. The van der Waals surface area contributed by atoms with E-state index < -0.39 is 0 Å². The van der Waals surface area contributed by atoms with Crippen LogP contribution in [0.25, 0.3) is 0 Å². The van der Waals surface area contributed by atoms with Gasteiger partial charge in [0.15, 0.2) is 0 Å². The molecule has 4 heteroatoms. The van der Waals surface area contributed by atoms with Gasteiger partial charge < -0.3 is 9.47 Å². The van der Waals surface area contributed by atoms with E-state index in [1.54, 1.807) is 12.1 Å². The normalized spacial score (nSPS) is 10.0. The topological polar surface area (TPSA) is 66.0 Å². The molecule has 0 saturated heterocycles. The number of rotatable bonds is 4. The number of hydrogen-bond donors (Lipinski definition) is 0. The summed E-state index contributed by atoms with van der Waals surface area (Å²) in [5, 5.41) is 18.9. The van der Waals surface area contributed by atoms with Crippen molar-refractivity contribution in [1.29, 1.82) is 10.5 Å². The molecule has 0 aromatic heterocycles. The highest BCUT2D eigenvalue weighted by molar-refractivity contribution is 5.61. The van der Waals surface area contributed by atoms with Gasteiger partial charge >= 0.3 is 0 Å². The zero-order valence-corrected chi connectivity index (χ0v) is 24.9. The van der Waals surface area contributed by atoms with Crippen molar-refractivity contribution < 1.29 is 9.47 Å². The Morgan fingerprint density at radius 1 is 0.500 bits per heavy atom.